The molecule has 0 spiro atoms. The Morgan fingerprint density at radius 2 is 1.72 bits per heavy atom. The van der Waals surface area contributed by atoms with Gasteiger partial charge >= 0.3 is 5.69 Å². The standard InChI is InChI=1S/C19H17N3O3/c1-21-17-14(18(24)22(2)19(21)25)10-13-15(20-17)8-12(9-16(13)23)11-6-4-3-5-7-11/h3-7,10,12H,8-9H2,1-2H3/t12-/m0/s1. The van der Waals surface area contributed by atoms with Crippen molar-refractivity contribution in [1.82, 2.24) is 14.1 Å². The van der Waals surface area contributed by atoms with Crippen LogP contribution in [0.1, 0.15) is 34.0 Å². The third-order valence-electron chi connectivity index (χ3n) is 4.95. The molecular weight excluding hydrogens is 318 g/mol. The van der Waals surface area contributed by atoms with Crippen molar-refractivity contribution in [2.75, 3.05) is 0 Å². The first-order valence-corrected chi connectivity index (χ1v) is 8.15. The van der Waals surface area contributed by atoms with Gasteiger partial charge in [-0.1, -0.05) is 30.3 Å². The number of ketones is 1. The van der Waals surface area contributed by atoms with Gasteiger partial charge in [0.05, 0.1) is 11.1 Å². The van der Waals surface area contributed by atoms with Crippen molar-refractivity contribution in [2.24, 2.45) is 14.1 Å². The summed E-state index contributed by atoms with van der Waals surface area (Å²) in [5.41, 5.74) is 1.73. The monoisotopic (exact) mass is 335 g/mol. The van der Waals surface area contributed by atoms with Gasteiger partial charge < -0.3 is 0 Å². The molecule has 126 valence electrons. The summed E-state index contributed by atoms with van der Waals surface area (Å²) in [5.74, 6) is 0.0510. The van der Waals surface area contributed by atoms with Crippen molar-refractivity contribution in [3.05, 3.63) is 74.1 Å². The van der Waals surface area contributed by atoms with Crippen LogP contribution in [0.5, 0.6) is 0 Å². The lowest BCUT2D eigenvalue weighted by Crippen LogP contribution is -2.37. The van der Waals surface area contributed by atoms with Gasteiger partial charge in [0.1, 0.15) is 5.65 Å². The number of hydrogen-bond acceptors (Lipinski definition) is 4. The van der Waals surface area contributed by atoms with Crippen molar-refractivity contribution in [3.8, 4) is 0 Å². The number of Topliss-reactive ketones (excluding diaryl/α,β-unsaturated/α-hetero) is 1. The zero-order valence-corrected chi connectivity index (χ0v) is 14.0. The highest BCUT2D eigenvalue weighted by atomic mass is 16.2. The molecule has 1 aromatic carbocycles. The molecule has 25 heavy (non-hydrogen) atoms. The molecule has 0 amide bonds. The van der Waals surface area contributed by atoms with E-state index in [2.05, 4.69) is 4.98 Å². The van der Waals surface area contributed by atoms with Crippen molar-refractivity contribution in [1.29, 1.82) is 0 Å². The van der Waals surface area contributed by atoms with Crippen LogP contribution in [0.25, 0.3) is 11.0 Å². The number of aryl methyl sites for hydroxylation is 1. The maximum Gasteiger partial charge on any atom is 0.332 e. The molecule has 1 aliphatic rings. The fraction of sp³-hybridized carbons (Fsp3) is 0.263. The van der Waals surface area contributed by atoms with Gasteiger partial charge in [-0.3, -0.25) is 18.7 Å². The Labute approximate surface area is 143 Å². The highest BCUT2D eigenvalue weighted by Crippen LogP contribution is 2.32. The van der Waals surface area contributed by atoms with E-state index in [1.165, 1.54) is 11.6 Å². The van der Waals surface area contributed by atoms with Gasteiger partial charge in [-0.15, -0.1) is 0 Å². The lowest BCUT2D eigenvalue weighted by Gasteiger charge is -2.24. The lowest BCUT2D eigenvalue weighted by atomic mass is 9.81. The number of benzene rings is 1. The molecule has 2 heterocycles. The van der Waals surface area contributed by atoms with Crippen LogP contribution < -0.4 is 11.2 Å². The van der Waals surface area contributed by atoms with Gasteiger partial charge in [-0.2, -0.15) is 0 Å². The summed E-state index contributed by atoms with van der Waals surface area (Å²) in [6.45, 7) is 0. The molecule has 0 N–H and O–H groups in total. The number of fused-ring (bicyclic) bond motifs is 2. The van der Waals surface area contributed by atoms with Crippen LogP contribution in [0.3, 0.4) is 0 Å². The average molecular weight is 335 g/mol. The number of carbonyl (C=O) groups excluding carboxylic acids is 1. The number of rotatable bonds is 1. The van der Waals surface area contributed by atoms with E-state index < -0.39 is 11.2 Å². The minimum Gasteiger partial charge on any atom is -0.294 e. The second-order valence-corrected chi connectivity index (χ2v) is 6.50. The van der Waals surface area contributed by atoms with E-state index in [-0.39, 0.29) is 11.7 Å². The summed E-state index contributed by atoms with van der Waals surface area (Å²) in [7, 11) is 3.01. The van der Waals surface area contributed by atoms with E-state index in [0.717, 1.165) is 10.1 Å². The number of aromatic nitrogens is 3. The summed E-state index contributed by atoms with van der Waals surface area (Å²) in [6.07, 6.45) is 1.01. The maximum absolute atomic E-state index is 12.6. The summed E-state index contributed by atoms with van der Waals surface area (Å²) >= 11 is 0. The Kier molecular flexibility index (Phi) is 3.42. The molecule has 0 radical (unpaired) electrons. The van der Waals surface area contributed by atoms with Gasteiger partial charge in [0, 0.05) is 26.1 Å². The minimum absolute atomic E-state index is 0.0135. The van der Waals surface area contributed by atoms with Gasteiger partial charge in [-0.25, -0.2) is 9.78 Å². The van der Waals surface area contributed by atoms with Crippen molar-refractivity contribution in [2.45, 2.75) is 18.8 Å². The molecule has 0 unspecified atom stereocenters. The Morgan fingerprint density at radius 1 is 1.00 bits per heavy atom. The topological polar surface area (TPSA) is 74.0 Å². The molecule has 3 aromatic rings. The molecule has 0 bridgehead atoms. The molecular formula is C19H17N3O3. The first-order valence-electron chi connectivity index (χ1n) is 8.15. The normalized spacial score (nSPS) is 16.9. The number of nitrogens with zero attached hydrogens (tertiary/aromatic N) is 3. The van der Waals surface area contributed by atoms with Crippen molar-refractivity contribution < 1.29 is 4.79 Å². The largest absolute Gasteiger partial charge is 0.332 e. The minimum atomic E-state index is -0.425. The summed E-state index contributed by atoms with van der Waals surface area (Å²) in [4.78, 5) is 41.7. The van der Waals surface area contributed by atoms with Crippen molar-refractivity contribution in [3.63, 3.8) is 0 Å². The summed E-state index contributed by atoms with van der Waals surface area (Å²) < 4.78 is 2.39. The highest BCUT2D eigenvalue weighted by Gasteiger charge is 2.28. The number of carbonyl (C=O) groups is 1. The molecule has 0 fully saturated rings. The first kappa shape index (κ1) is 15.5. The van der Waals surface area contributed by atoms with Gasteiger partial charge in [0.15, 0.2) is 5.78 Å². The summed E-state index contributed by atoms with van der Waals surface area (Å²) in [6, 6.07) is 11.5. The first-order chi connectivity index (χ1) is 12.0. The third-order valence-corrected chi connectivity index (χ3v) is 4.95. The predicted molar refractivity (Wildman–Crippen MR) is 94.1 cm³/mol. The van der Waals surface area contributed by atoms with Gasteiger partial charge in [0.25, 0.3) is 5.56 Å². The van der Waals surface area contributed by atoms with Crippen LogP contribution >= 0.6 is 0 Å². The molecule has 4 rings (SSSR count). The Bertz CT molecular complexity index is 1130. The maximum atomic E-state index is 12.6. The van der Waals surface area contributed by atoms with Gasteiger partial charge in [0.2, 0.25) is 0 Å². The van der Waals surface area contributed by atoms with Crippen LogP contribution in [-0.2, 0) is 20.5 Å². The molecule has 1 atom stereocenters. The van der Waals surface area contributed by atoms with Crippen LogP contribution in [0.2, 0.25) is 0 Å². The van der Waals surface area contributed by atoms with Crippen LogP contribution in [-0.4, -0.2) is 19.9 Å². The molecule has 2 aromatic heterocycles. The van der Waals surface area contributed by atoms with E-state index >= 15 is 0 Å². The fourth-order valence-electron chi connectivity index (χ4n) is 3.53. The third kappa shape index (κ3) is 2.33. The zero-order chi connectivity index (χ0) is 17.7. The van der Waals surface area contributed by atoms with Crippen LogP contribution in [0.4, 0.5) is 0 Å². The molecule has 0 saturated heterocycles. The second kappa shape index (κ2) is 5.51. The Balaban J connectivity index is 1.93. The Hall–Kier alpha value is -3.02. The molecule has 6 heteroatoms. The van der Waals surface area contributed by atoms with E-state index in [1.54, 1.807) is 13.1 Å². The lowest BCUT2D eigenvalue weighted by molar-refractivity contribution is 0.0963. The van der Waals surface area contributed by atoms with Crippen LogP contribution in [0, 0.1) is 0 Å². The summed E-state index contributed by atoms with van der Waals surface area (Å²) in [5, 5.41) is 0.301. The average Bonchev–Trinajstić information content (AvgIpc) is 2.64. The molecule has 1 aliphatic carbocycles. The molecule has 0 aliphatic heterocycles. The van der Waals surface area contributed by atoms with Crippen LogP contribution in [0.15, 0.2) is 46.0 Å². The number of pyridine rings is 1. The number of hydrogen-bond donors (Lipinski definition) is 0. The van der Waals surface area contributed by atoms with E-state index in [9.17, 15) is 14.4 Å². The highest BCUT2D eigenvalue weighted by molar-refractivity contribution is 6.01. The Morgan fingerprint density at radius 3 is 2.44 bits per heavy atom. The van der Waals surface area contributed by atoms with E-state index in [0.29, 0.717) is 35.1 Å². The fourth-order valence-corrected chi connectivity index (χ4v) is 3.53. The quantitative estimate of drug-likeness (QED) is 0.676. The van der Waals surface area contributed by atoms with Crippen molar-refractivity contribution >= 4 is 16.8 Å². The zero-order valence-electron chi connectivity index (χ0n) is 14.0. The SMILES string of the molecule is Cn1c(=O)c2cc3c(nc2n(C)c1=O)C[C@H](c1ccccc1)CC3=O. The van der Waals surface area contributed by atoms with E-state index in [1.807, 2.05) is 30.3 Å². The van der Waals surface area contributed by atoms with Gasteiger partial charge in [-0.05, 0) is 24.0 Å². The molecule has 0 saturated carbocycles. The predicted octanol–water partition coefficient (Wildman–Crippen LogP) is 1.54. The smallest absolute Gasteiger partial charge is 0.294 e. The van der Waals surface area contributed by atoms with E-state index in [4.69, 9.17) is 0 Å². The molecule has 6 nitrogen and oxygen atoms in total. The second-order valence-electron chi connectivity index (χ2n) is 6.50.